The van der Waals surface area contributed by atoms with Crippen LogP contribution in [0.15, 0.2) is 157 Å². The third kappa shape index (κ3) is 5.04. The van der Waals surface area contributed by atoms with E-state index < -0.39 is 20.0 Å². The second kappa shape index (κ2) is 12.9. The van der Waals surface area contributed by atoms with Gasteiger partial charge in [-0.2, -0.15) is 0 Å². The smallest absolute Gasteiger partial charge is 1.00 e. The number of benzene rings is 8. The molecule has 1 fully saturated rings. The Morgan fingerprint density at radius 2 is 0.755 bits per heavy atom. The van der Waals surface area contributed by atoms with Crippen LogP contribution in [0, 0.1) is 0 Å². The fraction of sp³-hybridized carbons (Fsp3) is 0.120. The van der Waals surface area contributed by atoms with Crippen molar-refractivity contribution in [3.8, 4) is 22.3 Å². The Morgan fingerprint density at radius 3 is 1.09 bits per heavy atom. The van der Waals surface area contributed by atoms with Crippen molar-refractivity contribution in [2.45, 2.75) is 29.6 Å². The van der Waals surface area contributed by atoms with Crippen LogP contribution in [0.1, 0.15) is 43.5 Å². The molecule has 1 saturated heterocycles. The van der Waals surface area contributed by atoms with E-state index in [-0.39, 0.29) is 24.8 Å². The first kappa shape index (κ1) is 34.5. The minimum atomic E-state index is -3.01. The van der Waals surface area contributed by atoms with Crippen LogP contribution in [0.25, 0.3) is 77.5 Å². The average molecular weight is 888 g/mol. The number of hydrogen-bond acceptors (Lipinski definition) is 0. The maximum absolute atomic E-state index is 3.01. The van der Waals surface area contributed by atoms with Gasteiger partial charge in [-0.05, 0) is 0 Å². The SMILES string of the molecule is CC1=Cc2c(-c3c4ccccc4cc4ccccc34)cccc2[CH]1[Hf+2]1([CH]2C(C)=Cc3c(-c4c5ccccc5cc5ccccc45)cccc32)[CH2][CH2]1.[Cl-].[Cl-]. The molecule has 2 aliphatic carbocycles. The molecule has 53 heavy (non-hydrogen) atoms. The minimum absolute atomic E-state index is 0. The van der Waals surface area contributed by atoms with Crippen molar-refractivity contribution in [1.82, 2.24) is 0 Å². The van der Waals surface area contributed by atoms with E-state index >= 15 is 0 Å². The average Bonchev–Trinajstić information content (AvgIpc) is 3.74. The zero-order valence-electron chi connectivity index (χ0n) is 29.8. The zero-order chi connectivity index (χ0) is 33.8. The van der Waals surface area contributed by atoms with E-state index in [0.717, 1.165) is 0 Å². The van der Waals surface area contributed by atoms with E-state index in [4.69, 9.17) is 0 Å². The second-order valence-electron chi connectivity index (χ2n) is 15.4. The minimum Gasteiger partial charge on any atom is -1.00 e. The molecule has 3 heteroatoms. The first-order valence-corrected chi connectivity index (χ1v) is 27.8. The summed E-state index contributed by atoms with van der Waals surface area (Å²) < 4.78 is 4.19. The Hall–Kier alpha value is -4.27. The molecule has 1 heterocycles. The monoisotopic (exact) mass is 888 g/mol. The molecule has 0 saturated carbocycles. The number of fused-ring (bicyclic) bond motifs is 6. The Balaban J connectivity index is 0.00000186. The summed E-state index contributed by atoms with van der Waals surface area (Å²) in [7, 11) is 0. The van der Waals surface area contributed by atoms with Gasteiger partial charge in [0.25, 0.3) is 0 Å². The molecule has 11 rings (SSSR count). The Bertz CT molecular complexity index is 2560. The normalized spacial score (nSPS) is 17.3. The van der Waals surface area contributed by atoms with E-state index in [9.17, 15) is 0 Å². The molecule has 0 spiro atoms. The molecule has 0 N–H and O–H groups in total. The van der Waals surface area contributed by atoms with Gasteiger partial charge in [-0.25, -0.2) is 0 Å². The zero-order valence-corrected chi connectivity index (χ0v) is 34.9. The predicted molar refractivity (Wildman–Crippen MR) is 216 cm³/mol. The van der Waals surface area contributed by atoms with E-state index in [1.54, 1.807) is 22.3 Å². The van der Waals surface area contributed by atoms with Gasteiger partial charge in [-0.15, -0.1) is 0 Å². The van der Waals surface area contributed by atoms with Crippen LogP contribution >= 0.6 is 0 Å². The molecule has 0 nitrogen and oxygen atoms in total. The van der Waals surface area contributed by atoms with Crippen LogP contribution in [0.5, 0.6) is 0 Å². The first-order chi connectivity index (χ1) is 25.1. The summed E-state index contributed by atoms with van der Waals surface area (Å²) in [4.78, 5) is 0. The summed E-state index contributed by atoms with van der Waals surface area (Å²) in [5, 5.41) is 10.7. The van der Waals surface area contributed by atoms with Crippen LogP contribution in [-0.4, -0.2) is 0 Å². The molecule has 0 aromatic heterocycles. The van der Waals surface area contributed by atoms with Crippen molar-refractivity contribution in [1.29, 1.82) is 0 Å². The molecule has 3 aliphatic rings. The maximum atomic E-state index is 2.60. The van der Waals surface area contributed by atoms with Crippen molar-refractivity contribution in [3.63, 3.8) is 0 Å². The van der Waals surface area contributed by atoms with Crippen LogP contribution in [0.4, 0.5) is 0 Å². The van der Waals surface area contributed by atoms with Gasteiger partial charge in [-0.3, -0.25) is 0 Å². The van der Waals surface area contributed by atoms with Gasteiger partial charge in [-0.1, -0.05) is 0 Å². The van der Waals surface area contributed by atoms with E-state index in [0.29, 0.717) is 7.35 Å². The summed E-state index contributed by atoms with van der Waals surface area (Å²) >= 11 is -3.01. The summed E-state index contributed by atoms with van der Waals surface area (Å²) in [5.74, 6) is 0. The third-order valence-electron chi connectivity index (χ3n) is 12.6. The fourth-order valence-electron chi connectivity index (χ4n) is 10.6. The number of allylic oxidation sites excluding steroid dienone is 2. The molecule has 0 amide bonds. The van der Waals surface area contributed by atoms with Crippen LogP contribution in [-0.2, 0) is 20.0 Å². The van der Waals surface area contributed by atoms with E-state index in [2.05, 4.69) is 172 Å². The van der Waals surface area contributed by atoms with Crippen molar-refractivity contribution < 1.29 is 44.8 Å². The summed E-state index contributed by atoms with van der Waals surface area (Å²) in [6.07, 6.45) is 5.19. The van der Waals surface area contributed by atoms with Crippen molar-refractivity contribution >= 4 is 55.2 Å². The number of rotatable bonds is 4. The van der Waals surface area contributed by atoms with Crippen LogP contribution < -0.4 is 24.8 Å². The topological polar surface area (TPSA) is 0 Å². The number of halogens is 2. The van der Waals surface area contributed by atoms with Gasteiger partial charge in [0.05, 0.1) is 0 Å². The summed E-state index contributed by atoms with van der Waals surface area (Å²) in [6.45, 7) is 4.92. The molecule has 1 aliphatic heterocycles. The Labute approximate surface area is 328 Å². The van der Waals surface area contributed by atoms with Crippen molar-refractivity contribution in [2.75, 3.05) is 0 Å². The number of hydrogen-bond donors (Lipinski definition) is 0. The fourth-order valence-corrected chi connectivity index (χ4v) is 38.8. The van der Waals surface area contributed by atoms with Gasteiger partial charge in [0, 0.05) is 0 Å². The standard InChI is InChI=1S/2C24H17.C2H4.2ClH.Hf/c2*1-16-13-17-9-6-12-22(23(17)14-16)24-20-10-4-2-7-18(20)15-19-8-3-5-11-21(19)24;1-2;;;/h2*2-15H,1H3;1-2H2;2*1H;/q;;;;;+2/p-2. The van der Waals surface area contributed by atoms with Gasteiger partial charge in [0.1, 0.15) is 0 Å². The van der Waals surface area contributed by atoms with Crippen LogP contribution in [0.3, 0.4) is 0 Å². The molecule has 8 aromatic carbocycles. The predicted octanol–water partition coefficient (Wildman–Crippen LogP) is 8.26. The molecule has 8 aromatic rings. The second-order valence-corrected chi connectivity index (χ2v) is 32.0. The molecule has 2 atom stereocenters. The quantitative estimate of drug-likeness (QED) is 0.124. The van der Waals surface area contributed by atoms with Gasteiger partial charge in [0.2, 0.25) is 0 Å². The summed E-state index contributed by atoms with van der Waals surface area (Å²) in [6, 6.07) is 55.1. The Kier molecular flexibility index (Phi) is 8.43. The van der Waals surface area contributed by atoms with E-state index in [1.165, 1.54) is 84.8 Å². The van der Waals surface area contributed by atoms with E-state index in [1.807, 2.05) is 0 Å². The van der Waals surface area contributed by atoms with Crippen LogP contribution in [0.2, 0.25) is 8.35 Å². The summed E-state index contributed by atoms with van der Waals surface area (Å²) in [5.41, 5.74) is 15.0. The molecular formula is C50H38Cl2Hf. The van der Waals surface area contributed by atoms with Gasteiger partial charge in [0.15, 0.2) is 0 Å². The van der Waals surface area contributed by atoms with Crippen molar-refractivity contribution in [3.05, 3.63) is 179 Å². The molecule has 2 unspecified atom stereocenters. The molecule has 256 valence electrons. The maximum Gasteiger partial charge on any atom is -1.00 e. The van der Waals surface area contributed by atoms with Gasteiger partial charge < -0.3 is 24.8 Å². The molecule has 0 radical (unpaired) electrons. The molecule has 0 bridgehead atoms. The first-order valence-electron chi connectivity index (χ1n) is 18.5. The Morgan fingerprint density at radius 1 is 0.415 bits per heavy atom. The third-order valence-corrected chi connectivity index (χ3v) is 32.3. The van der Waals surface area contributed by atoms with Gasteiger partial charge >= 0.3 is 306 Å². The molecular weight excluding hydrogens is 850 g/mol. The van der Waals surface area contributed by atoms with Crippen molar-refractivity contribution in [2.24, 2.45) is 0 Å². The largest absolute Gasteiger partial charge is 1.00 e.